The van der Waals surface area contributed by atoms with Crippen molar-refractivity contribution in [1.82, 2.24) is 5.32 Å². The van der Waals surface area contributed by atoms with Crippen LogP contribution in [0.1, 0.15) is 28.2 Å². The second-order valence-corrected chi connectivity index (χ2v) is 4.71. The van der Waals surface area contributed by atoms with E-state index < -0.39 is 0 Å². The molecule has 1 amide bonds. The highest BCUT2D eigenvalue weighted by atomic mass is 32.1. The van der Waals surface area contributed by atoms with Gasteiger partial charge in [-0.15, -0.1) is 11.3 Å². The fourth-order valence-electron chi connectivity index (χ4n) is 1.52. The average Bonchev–Trinajstić information content (AvgIpc) is 2.83. The maximum atomic E-state index is 11.8. The van der Waals surface area contributed by atoms with Gasteiger partial charge in [0.1, 0.15) is 5.75 Å². The molecule has 0 unspecified atom stereocenters. The Bertz CT molecular complexity index is 491. The van der Waals surface area contributed by atoms with E-state index in [0.717, 1.165) is 5.56 Å². The molecule has 17 heavy (non-hydrogen) atoms. The van der Waals surface area contributed by atoms with Gasteiger partial charge in [-0.1, -0.05) is 18.2 Å². The minimum atomic E-state index is -0.0785. The second kappa shape index (κ2) is 5.01. The molecule has 0 aliphatic heterocycles. The van der Waals surface area contributed by atoms with Crippen LogP contribution in [-0.2, 0) is 0 Å². The number of thiophene rings is 1. The maximum absolute atomic E-state index is 11.8. The van der Waals surface area contributed by atoms with Crippen LogP contribution in [0.5, 0.6) is 5.75 Å². The van der Waals surface area contributed by atoms with Crippen LogP contribution >= 0.6 is 11.3 Å². The zero-order valence-corrected chi connectivity index (χ0v) is 10.2. The van der Waals surface area contributed by atoms with Gasteiger partial charge in [0.05, 0.1) is 10.9 Å². The Kier molecular flexibility index (Phi) is 3.44. The summed E-state index contributed by atoms with van der Waals surface area (Å²) in [5.41, 5.74) is 0.965. The van der Waals surface area contributed by atoms with E-state index in [9.17, 15) is 9.90 Å². The number of amides is 1. The van der Waals surface area contributed by atoms with Crippen molar-refractivity contribution in [2.75, 3.05) is 0 Å². The third kappa shape index (κ3) is 2.85. The van der Waals surface area contributed by atoms with Crippen LogP contribution in [0.4, 0.5) is 0 Å². The van der Waals surface area contributed by atoms with Crippen molar-refractivity contribution in [3.8, 4) is 5.75 Å². The van der Waals surface area contributed by atoms with Crippen molar-refractivity contribution >= 4 is 17.2 Å². The van der Waals surface area contributed by atoms with E-state index in [2.05, 4.69) is 5.32 Å². The number of benzene rings is 1. The summed E-state index contributed by atoms with van der Waals surface area (Å²) in [7, 11) is 0. The van der Waals surface area contributed by atoms with Crippen LogP contribution in [-0.4, -0.2) is 11.0 Å². The lowest BCUT2D eigenvalue weighted by Crippen LogP contribution is -2.25. The van der Waals surface area contributed by atoms with E-state index in [0.29, 0.717) is 4.88 Å². The number of nitrogens with one attached hydrogen (secondary N) is 1. The minimum absolute atomic E-state index is 0.0689. The van der Waals surface area contributed by atoms with Crippen molar-refractivity contribution in [1.29, 1.82) is 0 Å². The first-order chi connectivity index (χ1) is 8.16. The lowest BCUT2D eigenvalue weighted by Gasteiger charge is -2.13. The average molecular weight is 247 g/mol. The Hall–Kier alpha value is -1.81. The number of carbonyl (C=O) groups is 1. The van der Waals surface area contributed by atoms with Crippen LogP contribution in [0.25, 0.3) is 0 Å². The summed E-state index contributed by atoms with van der Waals surface area (Å²) in [6.07, 6.45) is 0. The molecule has 3 nitrogen and oxygen atoms in total. The van der Waals surface area contributed by atoms with Gasteiger partial charge in [-0.2, -0.15) is 0 Å². The second-order valence-electron chi connectivity index (χ2n) is 3.76. The van der Waals surface area contributed by atoms with Crippen molar-refractivity contribution in [3.63, 3.8) is 0 Å². The molecule has 1 heterocycles. The molecule has 0 saturated heterocycles. The van der Waals surface area contributed by atoms with E-state index in [1.54, 1.807) is 30.3 Å². The van der Waals surface area contributed by atoms with Crippen molar-refractivity contribution in [3.05, 3.63) is 52.2 Å². The van der Waals surface area contributed by atoms with Gasteiger partial charge in [-0.3, -0.25) is 4.79 Å². The fourth-order valence-corrected chi connectivity index (χ4v) is 2.15. The highest BCUT2D eigenvalue weighted by Gasteiger charge is 2.11. The van der Waals surface area contributed by atoms with Gasteiger partial charge < -0.3 is 10.4 Å². The van der Waals surface area contributed by atoms with Gasteiger partial charge in [0.25, 0.3) is 5.91 Å². The van der Waals surface area contributed by atoms with E-state index in [1.165, 1.54) is 11.3 Å². The molecule has 2 N–H and O–H groups in total. The van der Waals surface area contributed by atoms with Crippen LogP contribution < -0.4 is 5.32 Å². The summed E-state index contributed by atoms with van der Waals surface area (Å²) >= 11 is 1.42. The number of hydrogen-bond donors (Lipinski definition) is 2. The first-order valence-corrected chi connectivity index (χ1v) is 6.18. The summed E-state index contributed by atoms with van der Waals surface area (Å²) in [5.74, 6) is 0.158. The summed E-state index contributed by atoms with van der Waals surface area (Å²) in [4.78, 5) is 12.5. The Morgan fingerprint density at radius 3 is 2.59 bits per heavy atom. The minimum Gasteiger partial charge on any atom is -0.508 e. The smallest absolute Gasteiger partial charge is 0.261 e. The quantitative estimate of drug-likeness (QED) is 0.876. The number of phenols is 1. The molecule has 1 aromatic heterocycles. The first kappa shape index (κ1) is 11.7. The molecular formula is C13H13NO2S. The topological polar surface area (TPSA) is 49.3 Å². The maximum Gasteiger partial charge on any atom is 0.261 e. The van der Waals surface area contributed by atoms with Crippen molar-refractivity contribution in [2.24, 2.45) is 0 Å². The molecule has 2 rings (SSSR count). The molecule has 1 atom stereocenters. The summed E-state index contributed by atoms with van der Waals surface area (Å²) in [6, 6.07) is 10.4. The number of hydrogen-bond acceptors (Lipinski definition) is 3. The lowest BCUT2D eigenvalue weighted by atomic mass is 10.1. The van der Waals surface area contributed by atoms with Crippen LogP contribution in [0.2, 0.25) is 0 Å². The predicted octanol–water partition coefficient (Wildman–Crippen LogP) is 2.94. The molecule has 4 heteroatoms. The first-order valence-electron chi connectivity index (χ1n) is 5.30. The van der Waals surface area contributed by atoms with Crippen LogP contribution in [0, 0.1) is 0 Å². The highest BCUT2D eigenvalue weighted by Crippen LogP contribution is 2.17. The molecule has 0 saturated carbocycles. The standard InChI is InChI=1S/C13H13NO2S/c1-9(10-4-6-11(15)7-5-10)14-13(16)12-3-2-8-17-12/h2-9,15H,1H3,(H,14,16)/t9-/m0/s1. The van der Waals surface area contributed by atoms with Gasteiger partial charge in [-0.25, -0.2) is 0 Å². The molecule has 1 aromatic carbocycles. The summed E-state index contributed by atoms with van der Waals surface area (Å²) < 4.78 is 0. The van der Waals surface area contributed by atoms with Gasteiger partial charge in [0.2, 0.25) is 0 Å². The molecule has 2 aromatic rings. The molecule has 0 aliphatic rings. The van der Waals surface area contributed by atoms with E-state index in [4.69, 9.17) is 0 Å². The van der Waals surface area contributed by atoms with E-state index in [1.807, 2.05) is 18.4 Å². The lowest BCUT2D eigenvalue weighted by molar-refractivity contribution is 0.0944. The Morgan fingerprint density at radius 1 is 1.29 bits per heavy atom. The molecule has 0 fully saturated rings. The SMILES string of the molecule is C[C@H](NC(=O)c1cccs1)c1ccc(O)cc1. The third-order valence-electron chi connectivity index (χ3n) is 2.49. The van der Waals surface area contributed by atoms with Crippen LogP contribution in [0.15, 0.2) is 41.8 Å². The van der Waals surface area contributed by atoms with E-state index >= 15 is 0 Å². The Balaban J connectivity index is 2.04. The zero-order valence-electron chi connectivity index (χ0n) is 9.38. The largest absolute Gasteiger partial charge is 0.508 e. The Morgan fingerprint density at radius 2 is 2.00 bits per heavy atom. The van der Waals surface area contributed by atoms with Gasteiger partial charge in [0.15, 0.2) is 0 Å². The van der Waals surface area contributed by atoms with Gasteiger partial charge >= 0.3 is 0 Å². The van der Waals surface area contributed by atoms with Gasteiger partial charge in [0, 0.05) is 0 Å². The molecular weight excluding hydrogens is 234 g/mol. The molecule has 0 radical (unpaired) electrons. The number of aromatic hydroxyl groups is 1. The molecule has 0 aliphatic carbocycles. The van der Waals surface area contributed by atoms with Gasteiger partial charge in [-0.05, 0) is 36.1 Å². The van der Waals surface area contributed by atoms with Crippen molar-refractivity contribution in [2.45, 2.75) is 13.0 Å². The fraction of sp³-hybridized carbons (Fsp3) is 0.154. The predicted molar refractivity (Wildman–Crippen MR) is 68.3 cm³/mol. The van der Waals surface area contributed by atoms with Crippen molar-refractivity contribution < 1.29 is 9.90 Å². The highest BCUT2D eigenvalue weighted by molar-refractivity contribution is 7.12. The molecule has 0 spiro atoms. The number of phenolic OH excluding ortho intramolecular Hbond substituents is 1. The third-order valence-corrected chi connectivity index (χ3v) is 3.35. The normalized spacial score (nSPS) is 12.1. The Labute approximate surface area is 104 Å². The number of rotatable bonds is 3. The monoisotopic (exact) mass is 247 g/mol. The number of carbonyl (C=O) groups excluding carboxylic acids is 1. The molecule has 0 bridgehead atoms. The van der Waals surface area contributed by atoms with Crippen LogP contribution in [0.3, 0.4) is 0 Å². The molecule has 88 valence electrons. The van der Waals surface area contributed by atoms with E-state index in [-0.39, 0.29) is 17.7 Å². The zero-order chi connectivity index (χ0) is 12.3. The summed E-state index contributed by atoms with van der Waals surface area (Å²) in [5, 5.41) is 14.0. The summed E-state index contributed by atoms with van der Waals surface area (Å²) in [6.45, 7) is 1.91.